The van der Waals surface area contributed by atoms with Crippen LogP contribution in [-0.4, -0.2) is 30.5 Å². The van der Waals surface area contributed by atoms with Crippen LogP contribution in [0.4, 0.5) is 0 Å². The molecule has 0 amide bonds. The van der Waals surface area contributed by atoms with E-state index in [1.54, 1.807) is 14.2 Å². The van der Waals surface area contributed by atoms with Crippen LogP contribution in [0.5, 0.6) is 11.5 Å². The molecule has 0 aliphatic rings. The Balaban J connectivity index is 2.23. The Morgan fingerprint density at radius 2 is 1.95 bits per heavy atom. The maximum atomic E-state index is 5.37. The Bertz CT molecular complexity index is 581. The Hall–Kier alpha value is -2.01. The third kappa shape index (κ3) is 3.55. The van der Waals surface area contributed by atoms with Gasteiger partial charge in [-0.2, -0.15) is 5.10 Å². The first-order chi connectivity index (χ1) is 10.2. The quantitative estimate of drug-likeness (QED) is 0.850. The molecule has 1 unspecified atom stereocenters. The summed E-state index contributed by atoms with van der Waals surface area (Å²) < 4.78 is 12.6. The SMILES string of the molecule is CCNC(Cc1ccc(OC)c(OC)c1)c1ccnn1C. The minimum Gasteiger partial charge on any atom is -0.493 e. The minimum atomic E-state index is 0.223. The summed E-state index contributed by atoms with van der Waals surface area (Å²) in [6.45, 7) is 3.01. The lowest BCUT2D eigenvalue weighted by atomic mass is 10.0. The van der Waals surface area contributed by atoms with Gasteiger partial charge >= 0.3 is 0 Å². The summed E-state index contributed by atoms with van der Waals surface area (Å²) in [5.41, 5.74) is 2.37. The molecule has 0 saturated heterocycles. The largest absolute Gasteiger partial charge is 0.493 e. The third-order valence-electron chi connectivity index (χ3n) is 3.55. The van der Waals surface area contributed by atoms with Crippen LogP contribution in [0.15, 0.2) is 30.5 Å². The molecular formula is C16H23N3O2. The molecule has 0 saturated carbocycles. The number of aromatic nitrogens is 2. The predicted molar refractivity (Wildman–Crippen MR) is 82.9 cm³/mol. The summed E-state index contributed by atoms with van der Waals surface area (Å²) >= 11 is 0. The van der Waals surface area contributed by atoms with Gasteiger partial charge in [-0.15, -0.1) is 0 Å². The first-order valence-electron chi connectivity index (χ1n) is 7.11. The van der Waals surface area contributed by atoms with E-state index in [2.05, 4.69) is 23.4 Å². The van der Waals surface area contributed by atoms with Crippen LogP contribution in [0.3, 0.4) is 0 Å². The van der Waals surface area contributed by atoms with Crippen molar-refractivity contribution in [3.63, 3.8) is 0 Å². The third-order valence-corrected chi connectivity index (χ3v) is 3.55. The second-order valence-corrected chi connectivity index (χ2v) is 4.88. The van der Waals surface area contributed by atoms with Gasteiger partial charge in [0.2, 0.25) is 0 Å². The highest BCUT2D eigenvalue weighted by Gasteiger charge is 2.15. The fraction of sp³-hybridized carbons (Fsp3) is 0.438. The van der Waals surface area contributed by atoms with E-state index in [0.717, 1.165) is 24.5 Å². The maximum absolute atomic E-state index is 5.37. The number of likely N-dealkylation sites (N-methyl/N-ethyl adjacent to an activating group) is 1. The predicted octanol–water partition coefficient (Wildman–Crippen LogP) is 2.33. The smallest absolute Gasteiger partial charge is 0.160 e. The van der Waals surface area contributed by atoms with Gasteiger partial charge in [0, 0.05) is 13.2 Å². The number of hydrogen-bond acceptors (Lipinski definition) is 4. The van der Waals surface area contributed by atoms with Gasteiger partial charge in [0.1, 0.15) is 0 Å². The van der Waals surface area contributed by atoms with Crippen LogP contribution < -0.4 is 14.8 Å². The number of rotatable bonds is 7. The van der Waals surface area contributed by atoms with Crippen LogP contribution in [-0.2, 0) is 13.5 Å². The zero-order chi connectivity index (χ0) is 15.2. The van der Waals surface area contributed by atoms with Crippen molar-refractivity contribution in [1.82, 2.24) is 15.1 Å². The summed E-state index contributed by atoms with van der Waals surface area (Å²) in [5, 5.41) is 7.76. The van der Waals surface area contributed by atoms with Crippen molar-refractivity contribution in [2.45, 2.75) is 19.4 Å². The van der Waals surface area contributed by atoms with E-state index in [1.165, 1.54) is 11.3 Å². The monoisotopic (exact) mass is 289 g/mol. The second kappa shape index (κ2) is 7.13. The molecule has 1 aromatic heterocycles. The first kappa shape index (κ1) is 15.4. The van der Waals surface area contributed by atoms with Crippen molar-refractivity contribution in [2.75, 3.05) is 20.8 Å². The summed E-state index contributed by atoms with van der Waals surface area (Å²) in [6.07, 6.45) is 2.70. The van der Waals surface area contributed by atoms with Gasteiger partial charge in [0.05, 0.1) is 26.0 Å². The molecule has 0 spiro atoms. The average molecular weight is 289 g/mol. The van der Waals surface area contributed by atoms with Crippen molar-refractivity contribution in [2.24, 2.45) is 7.05 Å². The van der Waals surface area contributed by atoms with Gasteiger partial charge in [0.25, 0.3) is 0 Å². The second-order valence-electron chi connectivity index (χ2n) is 4.88. The highest BCUT2D eigenvalue weighted by Crippen LogP contribution is 2.29. The van der Waals surface area contributed by atoms with E-state index in [-0.39, 0.29) is 6.04 Å². The fourth-order valence-corrected chi connectivity index (χ4v) is 2.50. The molecule has 1 aromatic carbocycles. The highest BCUT2D eigenvalue weighted by atomic mass is 16.5. The van der Waals surface area contributed by atoms with Crippen molar-refractivity contribution in [3.05, 3.63) is 41.7 Å². The number of aryl methyl sites for hydroxylation is 1. The molecule has 0 aliphatic carbocycles. The normalized spacial score (nSPS) is 12.2. The van der Waals surface area contributed by atoms with E-state index in [0.29, 0.717) is 0 Å². The molecule has 1 heterocycles. The molecular weight excluding hydrogens is 266 g/mol. The van der Waals surface area contributed by atoms with Gasteiger partial charge in [-0.1, -0.05) is 13.0 Å². The van der Waals surface area contributed by atoms with Crippen LogP contribution >= 0.6 is 0 Å². The molecule has 2 aromatic rings. The Morgan fingerprint density at radius 3 is 2.52 bits per heavy atom. The van der Waals surface area contributed by atoms with Crippen molar-refractivity contribution >= 4 is 0 Å². The molecule has 1 N–H and O–H groups in total. The van der Waals surface area contributed by atoms with Crippen LogP contribution in [0, 0.1) is 0 Å². The Kier molecular flexibility index (Phi) is 5.22. The maximum Gasteiger partial charge on any atom is 0.160 e. The summed E-state index contributed by atoms with van der Waals surface area (Å²) in [7, 11) is 5.27. The van der Waals surface area contributed by atoms with Gasteiger partial charge in [-0.25, -0.2) is 0 Å². The lowest BCUT2D eigenvalue weighted by molar-refractivity contribution is 0.354. The lowest BCUT2D eigenvalue weighted by Crippen LogP contribution is -2.25. The van der Waals surface area contributed by atoms with Gasteiger partial charge < -0.3 is 14.8 Å². The highest BCUT2D eigenvalue weighted by molar-refractivity contribution is 5.43. The number of methoxy groups -OCH3 is 2. The standard InChI is InChI=1S/C16H23N3O2/c1-5-17-13(14-8-9-18-19(14)2)10-12-6-7-15(20-3)16(11-12)21-4/h6-9,11,13,17H,5,10H2,1-4H3. The number of benzene rings is 1. The molecule has 2 rings (SSSR count). The van der Waals surface area contributed by atoms with Crippen LogP contribution in [0.25, 0.3) is 0 Å². The van der Waals surface area contributed by atoms with E-state index < -0.39 is 0 Å². The Labute approximate surface area is 125 Å². The molecule has 1 atom stereocenters. The lowest BCUT2D eigenvalue weighted by Gasteiger charge is -2.19. The summed E-state index contributed by atoms with van der Waals surface area (Å²) in [4.78, 5) is 0. The van der Waals surface area contributed by atoms with Gasteiger partial charge in [0.15, 0.2) is 11.5 Å². The molecule has 0 aliphatic heterocycles. The van der Waals surface area contributed by atoms with Crippen molar-refractivity contribution in [3.8, 4) is 11.5 Å². The molecule has 0 fully saturated rings. The van der Waals surface area contributed by atoms with Gasteiger partial charge in [-0.3, -0.25) is 4.68 Å². The van der Waals surface area contributed by atoms with Crippen LogP contribution in [0.1, 0.15) is 24.2 Å². The fourth-order valence-electron chi connectivity index (χ4n) is 2.50. The summed E-state index contributed by atoms with van der Waals surface area (Å²) in [6, 6.07) is 8.32. The number of nitrogens with one attached hydrogen (secondary N) is 1. The zero-order valence-corrected chi connectivity index (χ0v) is 13.1. The van der Waals surface area contributed by atoms with E-state index >= 15 is 0 Å². The zero-order valence-electron chi connectivity index (χ0n) is 13.1. The molecule has 21 heavy (non-hydrogen) atoms. The van der Waals surface area contributed by atoms with Crippen molar-refractivity contribution in [1.29, 1.82) is 0 Å². The average Bonchev–Trinajstić information content (AvgIpc) is 2.92. The first-order valence-corrected chi connectivity index (χ1v) is 7.11. The number of ether oxygens (including phenoxy) is 2. The van der Waals surface area contributed by atoms with E-state index in [1.807, 2.05) is 36.1 Å². The number of nitrogens with zero attached hydrogens (tertiary/aromatic N) is 2. The minimum absolute atomic E-state index is 0.223. The van der Waals surface area contributed by atoms with E-state index in [9.17, 15) is 0 Å². The summed E-state index contributed by atoms with van der Waals surface area (Å²) in [5.74, 6) is 1.51. The molecule has 0 radical (unpaired) electrons. The van der Waals surface area contributed by atoms with Gasteiger partial charge in [-0.05, 0) is 36.7 Å². The molecule has 114 valence electrons. The molecule has 5 nitrogen and oxygen atoms in total. The topological polar surface area (TPSA) is 48.3 Å². The number of hydrogen-bond donors (Lipinski definition) is 1. The van der Waals surface area contributed by atoms with Crippen LogP contribution in [0.2, 0.25) is 0 Å². The molecule has 0 bridgehead atoms. The molecule has 5 heteroatoms. The Morgan fingerprint density at radius 1 is 1.19 bits per heavy atom. The van der Waals surface area contributed by atoms with Crippen molar-refractivity contribution < 1.29 is 9.47 Å². The van der Waals surface area contributed by atoms with E-state index in [4.69, 9.17) is 9.47 Å².